The molecule has 2 nitrogen and oxygen atoms in total. The second kappa shape index (κ2) is 5.40. The Morgan fingerprint density at radius 1 is 1.37 bits per heavy atom. The van der Waals surface area contributed by atoms with Gasteiger partial charge in [0.05, 0.1) is 24.2 Å². The zero-order valence-corrected chi connectivity index (χ0v) is 13.9. The Bertz CT molecular complexity index is 538. The molecule has 1 rings (SSSR count). The van der Waals surface area contributed by atoms with Crippen molar-refractivity contribution in [2.45, 2.75) is 39.0 Å². The predicted octanol–water partition coefficient (Wildman–Crippen LogP) is 3.03. The Kier molecular flexibility index (Phi) is 4.49. The van der Waals surface area contributed by atoms with Crippen LogP contribution in [0.1, 0.15) is 24.2 Å². The third kappa shape index (κ3) is 3.86. The highest BCUT2D eigenvalue weighted by Gasteiger charge is 2.27. The van der Waals surface area contributed by atoms with E-state index in [2.05, 4.69) is 30.9 Å². The standard InChI is InChI=1S/C15H20ClNOSi/c1-7-15(2,3)17-14(18)13-11(16)9-8-10-12(13)19(4,5)6/h1,8-10H,2-6H3,(H,17,18). The summed E-state index contributed by atoms with van der Waals surface area (Å²) in [6.07, 6.45) is 5.41. The predicted molar refractivity (Wildman–Crippen MR) is 84.8 cm³/mol. The molecule has 0 unspecified atom stereocenters. The van der Waals surface area contributed by atoms with Gasteiger partial charge in [-0.2, -0.15) is 0 Å². The molecule has 102 valence electrons. The van der Waals surface area contributed by atoms with Crippen molar-refractivity contribution in [3.63, 3.8) is 0 Å². The second-order valence-corrected chi connectivity index (χ2v) is 11.6. The van der Waals surface area contributed by atoms with Gasteiger partial charge in [0.2, 0.25) is 0 Å². The maximum absolute atomic E-state index is 12.4. The SMILES string of the molecule is C#CC(C)(C)NC(=O)c1c(Cl)cccc1[Si](C)(C)C. The minimum absolute atomic E-state index is 0.203. The maximum atomic E-state index is 12.4. The zero-order chi connectivity index (χ0) is 14.8. The number of hydrogen-bond acceptors (Lipinski definition) is 1. The van der Waals surface area contributed by atoms with E-state index in [1.54, 1.807) is 19.9 Å². The van der Waals surface area contributed by atoms with Crippen LogP contribution in [0.3, 0.4) is 0 Å². The summed E-state index contributed by atoms with van der Waals surface area (Å²) in [7, 11) is -1.65. The molecule has 0 aromatic heterocycles. The van der Waals surface area contributed by atoms with E-state index in [9.17, 15) is 4.79 Å². The van der Waals surface area contributed by atoms with Crippen LogP contribution in [0.25, 0.3) is 0 Å². The number of rotatable bonds is 3. The van der Waals surface area contributed by atoms with Gasteiger partial charge in [-0.05, 0) is 25.1 Å². The number of amides is 1. The van der Waals surface area contributed by atoms with Crippen LogP contribution in [-0.2, 0) is 0 Å². The van der Waals surface area contributed by atoms with Crippen LogP contribution in [0.4, 0.5) is 0 Å². The fourth-order valence-corrected chi connectivity index (χ4v) is 3.70. The quantitative estimate of drug-likeness (QED) is 0.674. The Labute approximate surface area is 121 Å². The average molecular weight is 294 g/mol. The van der Waals surface area contributed by atoms with Gasteiger partial charge in [0.15, 0.2) is 0 Å². The molecule has 0 aliphatic heterocycles. The molecule has 0 heterocycles. The highest BCUT2D eigenvalue weighted by molar-refractivity contribution is 6.89. The number of nitrogens with one attached hydrogen (secondary N) is 1. The van der Waals surface area contributed by atoms with E-state index >= 15 is 0 Å². The summed E-state index contributed by atoms with van der Waals surface area (Å²) in [6, 6.07) is 5.61. The van der Waals surface area contributed by atoms with Crippen LogP contribution in [0.2, 0.25) is 24.7 Å². The van der Waals surface area contributed by atoms with E-state index in [1.807, 2.05) is 12.1 Å². The normalized spacial score (nSPS) is 11.8. The Morgan fingerprint density at radius 2 is 1.95 bits per heavy atom. The molecular formula is C15H20ClNOSi. The van der Waals surface area contributed by atoms with Crippen molar-refractivity contribution in [2.24, 2.45) is 0 Å². The molecule has 0 radical (unpaired) electrons. The molecule has 1 aromatic carbocycles. The summed E-state index contributed by atoms with van der Waals surface area (Å²) in [5.41, 5.74) is -0.126. The number of halogens is 1. The number of carbonyl (C=O) groups excluding carboxylic acids is 1. The average Bonchev–Trinajstić information content (AvgIpc) is 2.26. The summed E-state index contributed by atoms with van der Waals surface area (Å²) in [5, 5.41) is 4.36. The van der Waals surface area contributed by atoms with Crippen molar-refractivity contribution in [2.75, 3.05) is 0 Å². The molecule has 1 aromatic rings. The summed E-state index contributed by atoms with van der Waals surface area (Å²) in [4.78, 5) is 12.4. The third-order valence-electron chi connectivity index (χ3n) is 2.84. The lowest BCUT2D eigenvalue weighted by molar-refractivity contribution is 0.0931. The van der Waals surface area contributed by atoms with Crippen molar-refractivity contribution >= 4 is 30.8 Å². The smallest absolute Gasteiger partial charge is 0.253 e. The largest absolute Gasteiger partial charge is 0.336 e. The molecule has 0 saturated heterocycles. The van der Waals surface area contributed by atoms with Crippen LogP contribution < -0.4 is 10.5 Å². The number of carbonyl (C=O) groups is 1. The van der Waals surface area contributed by atoms with Gasteiger partial charge in [-0.15, -0.1) is 6.42 Å². The van der Waals surface area contributed by atoms with Gasteiger partial charge in [0.1, 0.15) is 0 Å². The number of terminal acetylenes is 1. The highest BCUT2D eigenvalue weighted by atomic mass is 35.5. The van der Waals surface area contributed by atoms with E-state index in [1.165, 1.54) is 0 Å². The fourth-order valence-electron chi connectivity index (χ4n) is 1.76. The van der Waals surface area contributed by atoms with Gasteiger partial charge in [-0.1, -0.05) is 49.3 Å². The molecule has 0 aliphatic rings. The number of benzene rings is 1. The lowest BCUT2D eigenvalue weighted by atomic mass is 10.1. The first-order valence-electron chi connectivity index (χ1n) is 6.18. The minimum atomic E-state index is -1.65. The van der Waals surface area contributed by atoms with Gasteiger partial charge < -0.3 is 5.32 Å². The van der Waals surface area contributed by atoms with Crippen molar-refractivity contribution < 1.29 is 4.79 Å². The van der Waals surface area contributed by atoms with E-state index in [4.69, 9.17) is 18.0 Å². The maximum Gasteiger partial charge on any atom is 0.253 e. The van der Waals surface area contributed by atoms with E-state index in [0.29, 0.717) is 10.6 Å². The molecule has 0 fully saturated rings. The van der Waals surface area contributed by atoms with Crippen molar-refractivity contribution in [1.82, 2.24) is 5.32 Å². The summed E-state index contributed by atoms with van der Waals surface area (Å²) < 4.78 is 0. The van der Waals surface area contributed by atoms with E-state index in [0.717, 1.165) is 5.19 Å². The summed E-state index contributed by atoms with van der Waals surface area (Å²) >= 11 is 6.21. The van der Waals surface area contributed by atoms with E-state index in [-0.39, 0.29) is 5.91 Å². The first kappa shape index (κ1) is 15.8. The van der Waals surface area contributed by atoms with Gasteiger partial charge in [-0.3, -0.25) is 4.79 Å². The monoisotopic (exact) mass is 293 g/mol. The second-order valence-electron chi connectivity index (χ2n) is 6.14. The molecule has 0 aliphatic carbocycles. The molecule has 19 heavy (non-hydrogen) atoms. The van der Waals surface area contributed by atoms with E-state index < -0.39 is 13.6 Å². The van der Waals surface area contributed by atoms with Gasteiger partial charge >= 0.3 is 0 Å². The molecule has 0 saturated carbocycles. The van der Waals surface area contributed by atoms with Crippen LogP contribution in [0.5, 0.6) is 0 Å². The number of hydrogen-bond donors (Lipinski definition) is 1. The van der Waals surface area contributed by atoms with Gasteiger partial charge in [0.25, 0.3) is 5.91 Å². The fraction of sp³-hybridized carbons (Fsp3) is 0.400. The van der Waals surface area contributed by atoms with Crippen LogP contribution in [0.15, 0.2) is 18.2 Å². The molecule has 1 amide bonds. The first-order chi connectivity index (χ1) is 8.58. The first-order valence-corrected chi connectivity index (χ1v) is 10.1. The zero-order valence-electron chi connectivity index (χ0n) is 12.1. The van der Waals surface area contributed by atoms with Crippen LogP contribution >= 0.6 is 11.6 Å². The summed E-state index contributed by atoms with van der Waals surface area (Å²) in [6.45, 7) is 10.1. The molecule has 0 atom stereocenters. The molecule has 0 bridgehead atoms. The molecule has 4 heteroatoms. The van der Waals surface area contributed by atoms with Crippen LogP contribution in [-0.4, -0.2) is 19.5 Å². The third-order valence-corrected chi connectivity index (χ3v) is 5.18. The Morgan fingerprint density at radius 3 is 2.42 bits per heavy atom. The molecule has 1 N–H and O–H groups in total. The highest BCUT2D eigenvalue weighted by Crippen LogP contribution is 2.18. The lowest BCUT2D eigenvalue weighted by Crippen LogP contribution is -2.48. The summed E-state index contributed by atoms with van der Waals surface area (Å²) in [5.74, 6) is 2.35. The molecular weight excluding hydrogens is 274 g/mol. The molecule has 0 spiro atoms. The minimum Gasteiger partial charge on any atom is -0.336 e. The lowest BCUT2D eigenvalue weighted by Gasteiger charge is -2.25. The Hall–Kier alpha value is -1.24. The van der Waals surface area contributed by atoms with Crippen molar-refractivity contribution in [1.29, 1.82) is 0 Å². The van der Waals surface area contributed by atoms with Crippen LogP contribution in [0, 0.1) is 12.3 Å². The van der Waals surface area contributed by atoms with Gasteiger partial charge in [-0.25, -0.2) is 0 Å². The topological polar surface area (TPSA) is 29.1 Å². The van der Waals surface area contributed by atoms with Crippen molar-refractivity contribution in [3.8, 4) is 12.3 Å². The van der Waals surface area contributed by atoms with Crippen molar-refractivity contribution in [3.05, 3.63) is 28.8 Å². The van der Waals surface area contributed by atoms with Gasteiger partial charge in [0, 0.05) is 0 Å². The Balaban J connectivity index is 3.28.